The topological polar surface area (TPSA) is 237 Å². The molecule has 0 rings (SSSR count). The molecule has 19 heteroatoms. The third-order valence-electron chi connectivity index (χ3n) is 18.3. The molecule has 0 aromatic carbocycles. The molecule has 3 N–H and O–H groups in total. The number of carbonyl (C=O) groups excluding carboxylic acids is 4. The Balaban J connectivity index is 5.17. The third-order valence-corrected chi connectivity index (χ3v) is 20.2. The van der Waals surface area contributed by atoms with Crippen molar-refractivity contribution >= 4 is 39.5 Å². The van der Waals surface area contributed by atoms with Gasteiger partial charge >= 0.3 is 39.5 Å². The van der Waals surface area contributed by atoms with Crippen molar-refractivity contribution in [1.82, 2.24) is 0 Å². The summed E-state index contributed by atoms with van der Waals surface area (Å²) in [4.78, 5) is 72.7. The van der Waals surface area contributed by atoms with E-state index >= 15 is 0 Å². The predicted molar refractivity (Wildman–Crippen MR) is 386 cm³/mol. The van der Waals surface area contributed by atoms with E-state index < -0.39 is 97.5 Å². The summed E-state index contributed by atoms with van der Waals surface area (Å²) in [6, 6.07) is 0. The van der Waals surface area contributed by atoms with Gasteiger partial charge in [-0.3, -0.25) is 37.3 Å². The first-order valence-corrected chi connectivity index (χ1v) is 42.3. The number of unbranched alkanes of at least 4 members (excludes halogenated alkanes) is 37. The summed E-state index contributed by atoms with van der Waals surface area (Å²) in [5, 5.41) is 10.6. The van der Waals surface area contributed by atoms with Gasteiger partial charge in [-0.25, -0.2) is 9.13 Å². The van der Waals surface area contributed by atoms with Crippen molar-refractivity contribution in [3.8, 4) is 0 Å². The Hall–Kier alpha value is -1.94. The van der Waals surface area contributed by atoms with Crippen LogP contribution in [0.1, 0.15) is 383 Å². The number of rotatable bonds is 73. The van der Waals surface area contributed by atoms with E-state index in [4.69, 9.17) is 37.0 Å². The number of ether oxygens (including phenoxy) is 4. The highest BCUT2D eigenvalue weighted by molar-refractivity contribution is 7.47. The van der Waals surface area contributed by atoms with Gasteiger partial charge in [-0.05, 0) is 49.4 Å². The summed E-state index contributed by atoms with van der Waals surface area (Å²) in [5.41, 5.74) is 0. The van der Waals surface area contributed by atoms with E-state index in [9.17, 15) is 43.2 Å². The molecule has 0 saturated heterocycles. The summed E-state index contributed by atoms with van der Waals surface area (Å²) in [6.45, 7) is 14.2. The highest BCUT2D eigenvalue weighted by Gasteiger charge is 2.30. The van der Waals surface area contributed by atoms with Gasteiger partial charge in [0.05, 0.1) is 26.4 Å². The van der Waals surface area contributed by atoms with E-state index in [0.29, 0.717) is 37.5 Å². The minimum absolute atomic E-state index is 0.103. The van der Waals surface area contributed by atoms with Crippen LogP contribution in [-0.2, 0) is 65.4 Å². The summed E-state index contributed by atoms with van der Waals surface area (Å²) in [5.74, 6) is 0.946. The minimum Gasteiger partial charge on any atom is -0.462 e. The number of esters is 4. The Morgan fingerprint density at radius 3 is 0.747 bits per heavy atom. The molecule has 0 heterocycles. The molecule has 7 atom stereocenters. The van der Waals surface area contributed by atoms with E-state index in [-0.39, 0.29) is 25.7 Å². The maximum Gasteiger partial charge on any atom is 0.472 e. The predicted octanol–water partition coefficient (Wildman–Crippen LogP) is 22.0. The van der Waals surface area contributed by atoms with Crippen LogP contribution < -0.4 is 0 Å². The van der Waals surface area contributed by atoms with Gasteiger partial charge in [0.1, 0.15) is 19.3 Å². The van der Waals surface area contributed by atoms with Gasteiger partial charge in [-0.1, -0.05) is 331 Å². The quantitative estimate of drug-likeness (QED) is 0.0222. The smallest absolute Gasteiger partial charge is 0.462 e. The minimum atomic E-state index is -4.96. The Bertz CT molecular complexity index is 1870. The lowest BCUT2D eigenvalue weighted by Crippen LogP contribution is -2.30. The Morgan fingerprint density at radius 2 is 0.505 bits per heavy atom. The molecule has 0 saturated carbocycles. The zero-order valence-electron chi connectivity index (χ0n) is 62.3. The van der Waals surface area contributed by atoms with Crippen LogP contribution in [0.4, 0.5) is 0 Å². The third kappa shape index (κ3) is 67.6. The fraction of sp³-hybridized carbons (Fsp3) is 0.947. The van der Waals surface area contributed by atoms with Crippen LogP contribution in [0.15, 0.2) is 0 Å². The number of aliphatic hydroxyl groups excluding tert-OH is 1. The summed E-state index contributed by atoms with van der Waals surface area (Å²) in [6.07, 6.45) is 50.2. The molecular formula is C76H148O17P2. The highest BCUT2D eigenvalue weighted by Crippen LogP contribution is 2.45. The van der Waals surface area contributed by atoms with E-state index in [2.05, 4.69) is 55.4 Å². The lowest BCUT2D eigenvalue weighted by atomic mass is 9.99. The molecule has 0 aromatic heterocycles. The number of phosphoric acid groups is 2. The number of phosphoric ester groups is 2. The van der Waals surface area contributed by atoms with Gasteiger partial charge < -0.3 is 33.8 Å². The molecule has 0 aliphatic rings. The number of carbonyl (C=O) groups is 4. The molecular weight excluding hydrogens is 1250 g/mol. The zero-order chi connectivity index (χ0) is 70.3. The fourth-order valence-electron chi connectivity index (χ4n) is 11.5. The van der Waals surface area contributed by atoms with E-state index in [1.165, 1.54) is 180 Å². The number of aliphatic hydroxyl groups is 1. The van der Waals surface area contributed by atoms with Crippen LogP contribution in [0.2, 0.25) is 0 Å². The van der Waals surface area contributed by atoms with Crippen LogP contribution in [-0.4, -0.2) is 96.7 Å². The van der Waals surface area contributed by atoms with Crippen LogP contribution in [0.3, 0.4) is 0 Å². The van der Waals surface area contributed by atoms with E-state index in [1.807, 2.05) is 0 Å². The first-order chi connectivity index (χ1) is 45.7. The average Bonchev–Trinajstić information content (AvgIpc) is 3.51. The Labute approximate surface area is 581 Å². The van der Waals surface area contributed by atoms with E-state index in [0.717, 1.165) is 108 Å². The second-order valence-electron chi connectivity index (χ2n) is 28.8. The zero-order valence-corrected chi connectivity index (χ0v) is 64.1. The Kier molecular flexibility index (Phi) is 64.0. The average molecular weight is 1400 g/mol. The summed E-state index contributed by atoms with van der Waals surface area (Å²) < 4.78 is 68.4. The van der Waals surface area contributed by atoms with Crippen molar-refractivity contribution in [2.75, 3.05) is 39.6 Å². The molecule has 17 nitrogen and oxygen atoms in total. The lowest BCUT2D eigenvalue weighted by Gasteiger charge is -2.21. The maximum absolute atomic E-state index is 13.0. The van der Waals surface area contributed by atoms with Gasteiger partial charge in [0.25, 0.3) is 0 Å². The molecule has 0 amide bonds. The maximum atomic E-state index is 13.0. The second-order valence-corrected chi connectivity index (χ2v) is 31.7. The van der Waals surface area contributed by atoms with Crippen LogP contribution >= 0.6 is 15.6 Å². The molecule has 0 aliphatic carbocycles. The molecule has 0 bridgehead atoms. The first-order valence-electron chi connectivity index (χ1n) is 39.3. The molecule has 4 unspecified atom stereocenters. The summed E-state index contributed by atoms with van der Waals surface area (Å²) >= 11 is 0. The van der Waals surface area contributed by atoms with Gasteiger partial charge in [0.15, 0.2) is 12.2 Å². The molecule has 0 fully saturated rings. The van der Waals surface area contributed by atoms with Gasteiger partial charge in [0.2, 0.25) is 0 Å². The monoisotopic (exact) mass is 1400 g/mol. The highest BCUT2D eigenvalue weighted by atomic mass is 31.2. The number of hydrogen-bond donors (Lipinski definition) is 3. The van der Waals surface area contributed by atoms with Gasteiger partial charge in [-0.15, -0.1) is 0 Å². The first kappa shape index (κ1) is 93.1. The molecule has 0 spiro atoms. The van der Waals surface area contributed by atoms with Gasteiger partial charge in [-0.2, -0.15) is 0 Å². The van der Waals surface area contributed by atoms with Crippen molar-refractivity contribution in [3.05, 3.63) is 0 Å². The van der Waals surface area contributed by atoms with Crippen LogP contribution in [0.5, 0.6) is 0 Å². The largest absolute Gasteiger partial charge is 0.472 e. The molecule has 0 aliphatic heterocycles. The summed E-state index contributed by atoms with van der Waals surface area (Å²) in [7, 11) is -9.91. The van der Waals surface area contributed by atoms with Crippen LogP contribution in [0.25, 0.3) is 0 Å². The fourth-order valence-corrected chi connectivity index (χ4v) is 13.1. The van der Waals surface area contributed by atoms with Crippen LogP contribution in [0, 0.1) is 23.7 Å². The van der Waals surface area contributed by atoms with Crippen molar-refractivity contribution in [2.45, 2.75) is 401 Å². The normalized spacial score (nSPS) is 14.7. The standard InChI is InChI=1S/C76H148O17P2/c1-9-68(7)54-46-38-29-23-19-15-11-13-17-21-25-31-40-48-56-73(78)86-62-71(93-76(81)59-51-43-33-27-28-36-44-52-66(3)4)64-90-94(82,83)88-60-70(77)61-89-95(84,85)91-65-72(63-87-74(79)57-49-41-35-34-37-45-53-67(5)6)92-75(80)58-50-42-32-26-22-18-14-12-16-20-24-30-39-47-55-69(8)10-2/h66-72,77H,9-65H2,1-8H3,(H,82,83)(H,84,85)/t68?,69?,70-,71-,72-/m1/s1. The second kappa shape index (κ2) is 65.4. The Morgan fingerprint density at radius 1 is 0.295 bits per heavy atom. The van der Waals surface area contributed by atoms with Crippen molar-refractivity contribution < 1.29 is 80.2 Å². The van der Waals surface area contributed by atoms with E-state index in [1.54, 1.807) is 0 Å². The SMILES string of the molecule is CCC(C)CCCCCCCCCCCCCCCCC(=O)OC[C@H](COP(=O)(O)OC[C@@H](O)COP(=O)(O)OC[C@@H](COC(=O)CCCCCCCCC(C)C)OC(=O)CCCCCCCCCCCCCCCCC(C)CC)OC(=O)CCCCCCCCCC(C)C. The van der Waals surface area contributed by atoms with Crippen molar-refractivity contribution in [1.29, 1.82) is 0 Å². The van der Waals surface area contributed by atoms with Crippen molar-refractivity contribution in [2.24, 2.45) is 23.7 Å². The molecule has 564 valence electrons. The lowest BCUT2D eigenvalue weighted by molar-refractivity contribution is -0.161. The van der Waals surface area contributed by atoms with Crippen molar-refractivity contribution in [3.63, 3.8) is 0 Å². The molecule has 0 radical (unpaired) electrons. The molecule has 95 heavy (non-hydrogen) atoms. The molecule has 0 aromatic rings. The number of hydrogen-bond acceptors (Lipinski definition) is 15. The van der Waals surface area contributed by atoms with Gasteiger partial charge in [0, 0.05) is 25.7 Å².